The van der Waals surface area contributed by atoms with Gasteiger partial charge in [0.15, 0.2) is 0 Å². The molecule has 0 unspecified atom stereocenters. The Kier molecular flexibility index (Phi) is 7.79. The predicted octanol–water partition coefficient (Wildman–Crippen LogP) is 4.56. The smallest absolute Gasteiger partial charge is 0.444 e. The lowest BCUT2D eigenvalue weighted by atomic mass is 10.1. The number of rotatable bonds is 7. The highest BCUT2D eigenvalue weighted by molar-refractivity contribution is 6.30. The van der Waals surface area contributed by atoms with Gasteiger partial charge in [-0.05, 0) is 74.5 Å². The lowest BCUT2D eigenvalue weighted by Crippen LogP contribution is -2.33. The predicted molar refractivity (Wildman–Crippen MR) is 117 cm³/mol. The molecule has 0 amide bonds. The fourth-order valence-electron chi connectivity index (χ4n) is 3.23. The van der Waals surface area contributed by atoms with Crippen molar-refractivity contribution >= 4 is 24.0 Å². The number of halogens is 2. The van der Waals surface area contributed by atoms with Crippen LogP contribution in [0.4, 0.5) is 0 Å². The van der Waals surface area contributed by atoms with E-state index in [0.717, 1.165) is 30.1 Å². The van der Waals surface area contributed by atoms with Crippen molar-refractivity contribution in [1.82, 2.24) is 14.7 Å². The average Bonchev–Trinajstić information content (AvgIpc) is 3.11. The van der Waals surface area contributed by atoms with Gasteiger partial charge in [0.2, 0.25) is 0 Å². The van der Waals surface area contributed by atoms with E-state index in [9.17, 15) is 4.79 Å². The van der Waals surface area contributed by atoms with Crippen LogP contribution in [-0.2, 0) is 0 Å². The lowest BCUT2D eigenvalue weighted by molar-refractivity contribution is 0.183. The molecular formula is C21H23Cl2N3O4. The van der Waals surface area contributed by atoms with E-state index in [1.807, 2.05) is 12.1 Å². The first-order chi connectivity index (χ1) is 14.2. The van der Waals surface area contributed by atoms with Crippen molar-refractivity contribution in [2.24, 2.45) is 0 Å². The summed E-state index contributed by atoms with van der Waals surface area (Å²) in [5.74, 6) is 0.591. The Hall–Kier alpha value is -2.48. The molecule has 9 heteroatoms. The molecule has 1 aliphatic heterocycles. The van der Waals surface area contributed by atoms with E-state index < -0.39 is 5.76 Å². The van der Waals surface area contributed by atoms with Crippen molar-refractivity contribution in [3.8, 4) is 23.3 Å². The summed E-state index contributed by atoms with van der Waals surface area (Å²) in [5, 5.41) is 4.67. The van der Waals surface area contributed by atoms with Crippen molar-refractivity contribution in [1.29, 1.82) is 0 Å². The van der Waals surface area contributed by atoms with Crippen molar-refractivity contribution < 1.29 is 13.9 Å². The third kappa shape index (κ3) is 5.78. The van der Waals surface area contributed by atoms with Gasteiger partial charge in [0.05, 0.1) is 5.69 Å². The Labute approximate surface area is 185 Å². The summed E-state index contributed by atoms with van der Waals surface area (Å²) in [6.45, 7) is 3.87. The summed E-state index contributed by atoms with van der Waals surface area (Å²) in [4.78, 5) is 14.5. The molecule has 0 radical (unpaired) electrons. The molecule has 0 atom stereocenters. The normalized spacial score (nSPS) is 14.2. The van der Waals surface area contributed by atoms with Crippen LogP contribution in [0, 0.1) is 0 Å². The second kappa shape index (κ2) is 10.5. The summed E-state index contributed by atoms with van der Waals surface area (Å²) in [7, 11) is 0. The molecule has 30 heavy (non-hydrogen) atoms. The highest BCUT2D eigenvalue weighted by Gasteiger charge is 2.13. The summed E-state index contributed by atoms with van der Waals surface area (Å²) in [5.41, 5.74) is 0.563. The van der Waals surface area contributed by atoms with Crippen molar-refractivity contribution in [2.45, 2.75) is 19.3 Å². The van der Waals surface area contributed by atoms with Crippen LogP contribution < -0.4 is 15.2 Å². The topological polar surface area (TPSA) is 69.7 Å². The molecule has 3 aromatic rings. The summed E-state index contributed by atoms with van der Waals surface area (Å²) >= 11 is 5.85. The molecule has 160 valence electrons. The van der Waals surface area contributed by atoms with Crippen LogP contribution in [0.2, 0.25) is 5.02 Å². The van der Waals surface area contributed by atoms with E-state index in [4.69, 9.17) is 25.5 Å². The van der Waals surface area contributed by atoms with Gasteiger partial charge in [0.1, 0.15) is 18.1 Å². The van der Waals surface area contributed by atoms with E-state index >= 15 is 0 Å². The molecule has 1 aromatic heterocycles. The van der Waals surface area contributed by atoms with E-state index in [1.165, 1.54) is 19.3 Å². The fraction of sp³-hybridized carbons (Fsp3) is 0.333. The maximum Gasteiger partial charge on any atom is 0.444 e. The Morgan fingerprint density at radius 2 is 1.63 bits per heavy atom. The van der Waals surface area contributed by atoms with Gasteiger partial charge in [-0.1, -0.05) is 23.1 Å². The molecule has 0 N–H and O–H groups in total. The Bertz CT molecular complexity index is 981. The number of ether oxygens (including phenoxy) is 2. The zero-order valence-electron chi connectivity index (χ0n) is 16.3. The van der Waals surface area contributed by atoms with Crippen LogP contribution in [0.15, 0.2) is 57.7 Å². The lowest BCUT2D eigenvalue weighted by Gasteiger charge is -2.26. The third-order valence-corrected chi connectivity index (χ3v) is 5.01. The van der Waals surface area contributed by atoms with Gasteiger partial charge < -0.3 is 13.9 Å². The van der Waals surface area contributed by atoms with Gasteiger partial charge in [0, 0.05) is 11.6 Å². The maximum atomic E-state index is 12.1. The standard InChI is InChI=1S/C21H22ClN3O4.ClH/c22-16-4-8-19(9-5-16)28-20-23-25(21(26)29-20)17-6-10-18(11-7-17)27-15-14-24-12-2-1-3-13-24;/h4-11H,1-3,12-15H2;1H. The molecule has 4 rings (SSSR count). The fourth-order valence-corrected chi connectivity index (χ4v) is 3.35. The molecule has 1 fully saturated rings. The molecule has 2 heterocycles. The summed E-state index contributed by atoms with van der Waals surface area (Å²) in [6, 6.07) is 13.8. The Morgan fingerprint density at radius 3 is 2.33 bits per heavy atom. The van der Waals surface area contributed by atoms with E-state index in [0.29, 0.717) is 23.1 Å². The molecule has 0 spiro atoms. The highest BCUT2D eigenvalue weighted by atomic mass is 35.5. The first-order valence-electron chi connectivity index (χ1n) is 9.66. The van der Waals surface area contributed by atoms with Crippen LogP contribution in [-0.4, -0.2) is 40.9 Å². The first kappa shape index (κ1) is 22.2. The van der Waals surface area contributed by atoms with Crippen LogP contribution >= 0.6 is 24.0 Å². The number of hydrogen-bond acceptors (Lipinski definition) is 6. The van der Waals surface area contributed by atoms with Gasteiger partial charge in [0.25, 0.3) is 0 Å². The van der Waals surface area contributed by atoms with Crippen LogP contribution in [0.25, 0.3) is 5.69 Å². The third-order valence-electron chi connectivity index (χ3n) is 4.75. The zero-order chi connectivity index (χ0) is 20.1. The van der Waals surface area contributed by atoms with Gasteiger partial charge in [-0.25, -0.2) is 4.79 Å². The Balaban J connectivity index is 0.00000256. The summed E-state index contributed by atoms with van der Waals surface area (Å²) < 4.78 is 17.5. The van der Waals surface area contributed by atoms with Crippen LogP contribution in [0.1, 0.15) is 19.3 Å². The van der Waals surface area contributed by atoms with E-state index in [2.05, 4.69) is 10.00 Å². The van der Waals surface area contributed by atoms with Crippen LogP contribution in [0.5, 0.6) is 17.6 Å². The molecule has 0 saturated carbocycles. The molecule has 1 aliphatic rings. The molecule has 2 aromatic carbocycles. The van der Waals surface area contributed by atoms with Gasteiger partial charge in [-0.2, -0.15) is 4.68 Å². The minimum Gasteiger partial charge on any atom is -0.492 e. The van der Waals surface area contributed by atoms with E-state index in [1.54, 1.807) is 36.4 Å². The first-order valence-corrected chi connectivity index (χ1v) is 10.0. The monoisotopic (exact) mass is 451 g/mol. The van der Waals surface area contributed by atoms with Gasteiger partial charge in [-0.3, -0.25) is 4.90 Å². The molecule has 7 nitrogen and oxygen atoms in total. The van der Waals surface area contributed by atoms with Crippen molar-refractivity contribution in [2.75, 3.05) is 26.2 Å². The maximum absolute atomic E-state index is 12.1. The van der Waals surface area contributed by atoms with Crippen molar-refractivity contribution in [3.05, 3.63) is 64.1 Å². The minimum atomic E-state index is -0.632. The van der Waals surface area contributed by atoms with Crippen molar-refractivity contribution in [3.63, 3.8) is 0 Å². The second-order valence-electron chi connectivity index (χ2n) is 6.85. The Morgan fingerprint density at radius 1 is 0.967 bits per heavy atom. The van der Waals surface area contributed by atoms with Crippen LogP contribution in [0.3, 0.4) is 0 Å². The minimum absolute atomic E-state index is 0. The number of likely N-dealkylation sites (tertiary alicyclic amines) is 1. The number of piperidine rings is 1. The number of nitrogens with zero attached hydrogens (tertiary/aromatic N) is 3. The molecule has 1 saturated heterocycles. The SMILES string of the molecule is Cl.O=c1oc(Oc2ccc(Cl)cc2)nn1-c1ccc(OCCN2CCCCC2)cc1. The molecule has 0 aliphatic carbocycles. The largest absolute Gasteiger partial charge is 0.492 e. The van der Waals surface area contributed by atoms with E-state index in [-0.39, 0.29) is 18.5 Å². The molecule has 0 bridgehead atoms. The summed E-state index contributed by atoms with van der Waals surface area (Å²) in [6.07, 6.45) is 3.72. The quantitative estimate of drug-likeness (QED) is 0.524. The zero-order valence-corrected chi connectivity index (χ0v) is 17.9. The highest BCUT2D eigenvalue weighted by Crippen LogP contribution is 2.21. The molecular weight excluding hydrogens is 429 g/mol. The second-order valence-corrected chi connectivity index (χ2v) is 7.28. The van der Waals surface area contributed by atoms with Gasteiger partial charge in [-0.15, -0.1) is 12.4 Å². The number of benzene rings is 2. The average molecular weight is 452 g/mol. The number of aromatic nitrogens is 2. The number of hydrogen-bond donors (Lipinski definition) is 0. The van der Waals surface area contributed by atoms with Gasteiger partial charge >= 0.3 is 11.8 Å².